The number of piperidine rings is 1. The fourth-order valence-corrected chi connectivity index (χ4v) is 6.16. The highest BCUT2D eigenvalue weighted by molar-refractivity contribution is 6.02. The molecule has 1 aromatic carbocycles. The van der Waals surface area contributed by atoms with E-state index in [4.69, 9.17) is 0 Å². The average molecular weight is 367 g/mol. The molecule has 6 rings (SSSR count). The summed E-state index contributed by atoms with van der Waals surface area (Å²) in [5.41, 5.74) is 1.18. The Balaban J connectivity index is 1.43. The molecule has 0 radical (unpaired) electrons. The quantitative estimate of drug-likeness (QED) is 0.800. The third-order valence-corrected chi connectivity index (χ3v) is 7.64. The molecule has 5 heteroatoms. The number of fused-ring (bicyclic) bond motifs is 3. The van der Waals surface area contributed by atoms with E-state index in [1.807, 2.05) is 24.3 Å². The fraction of sp³-hybridized carbons (Fsp3) is 0.636. The number of nitrogens with one attached hydrogen (secondary N) is 2. The van der Waals surface area contributed by atoms with Crippen molar-refractivity contribution in [3.05, 3.63) is 29.8 Å². The Morgan fingerprint density at radius 3 is 2.70 bits per heavy atom. The molecule has 27 heavy (non-hydrogen) atoms. The van der Waals surface area contributed by atoms with E-state index >= 15 is 0 Å². The van der Waals surface area contributed by atoms with Crippen LogP contribution in [0.5, 0.6) is 0 Å². The van der Waals surface area contributed by atoms with Crippen molar-refractivity contribution in [2.24, 2.45) is 17.3 Å². The minimum atomic E-state index is -0.406. The second-order valence-electron chi connectivity index (χ2n) is 9.34. The molecule has 3 aliphatic carbocycles. The molecule has 0 unspecified atom stereocenters. The van der Waals surface area contributed by atoms with Crippen LogP contribution in [0.25, 0.3) is 0 Å². The van der Waals surface area contributed by atoms with E-state index in [0.717, 1.165) is 62.9 Å². The summed E-state index contributed by atoms with van der Waals surface area (Å²) in [4.78, 5) is 28.2. The normalized spacial score (nSPS) is 37.5. The van der Waals surface area contributed by atoms with Crippen molar-refractivity contribution in [1.29, 1.82) is 0 Å². The molecule has 1 spiro atoms. The SMILES string of the molecule is C[C@@]12CC[C@@H](C[C@@H]1C(=O)N1CCCCC1)[C@@]1(C2)NC(=O)c2ccccc2N1. The van der Waals surface area contributed by atoms with Crippen LogP contribution >= 0.6 is 0 Å². The average Bonchev–Trinajstić information content (AvgIpc) is 2.68. The lowest BCUT2D eigenvalue weighted by Crippen LogP contribution is -2.70. The van der Waals surface area contributed by atoms with E-state index in [1.165, 1.54) is 6.42 Å². The summed E-state index contributed by atoms with van der Waals surface area (Å²) in [5, 5.41) is 6.99. The van der Waals surface area contributed by atoms with Gasteiger partial charge in [-0.05, 0) is 62.5 Å². The topological polar surface area (TPSA) is 61.4 Å². The zero-order valence-electron chi connectivity index (χ0n) is 16.1. The van der Waals surface area contributed by atoms with Crippen LogP contribution in [0.15, 0.2) is 24.3 Å². The number of likely N-dealkylation sites (tertiary alicyclic amines) is 1. The first-order valence-electron chi connectivity index (χ1n) is 10.5. The van der Waals surface area contributed by atoms with Crippen molar-refractivity contribution in [2.45, 2.75) is 57.5 Å². The van der Waals surface area contributed by atoms with Crippen molar-refractivity contribution in [3.8, 4) is 0 Å². The number of para-hydroxylation sites is 1. The highest BCUT2D eigenvalue weighted by Crippen LogP contribution is 2.58. The van der Waals surface area contributed by atoms with Gasteiger partial charge in [-0.25, -0.2) is 0 Å². The summed E-state index contributed by atoms with van der Waals surface area (Å²) in [6.45, 7) is 4.11. The Morgan fingerprint density at radius 2 is 1.93 bits per heavy atom. The number of rotatable bonds is 1. The number of carbonyl (C=O) groups excluding carboxylic acids is 2. The Bertz CT molecular complexity index is 788. The molecule has 1 saturated heterocycles. The number of hydrogen-bond acceptors (Lipinski definition) is 3. The molecule has 1 aromatic rings. The van der Waals surface area contributed by atoms with Crippen molar-refractivity contribution in [2.75, 3.05) is 18.4 Å². The van der Waals surface area contributed by atoms with Gasteiger partial charge >= 0.3 is 0 Å². The number of amides is 2. The molecule has 5 nitrogen and oxygen atoms in total. The summed E-state index contributed by atoms with van der Waals surface area (Å²) in [6.07, 6.45) is 7.36. The van der Waals surface area contributed by atoms with Gasteiger partial charge in [0, 0.05) is 30.6 Å². The number of nitrogens with zero attached hydrogens (tertiary/aromatic N) is 1. The summed E-state index contributed by atoms with van der Waals surface area (Å²) in [5.74, 6) is 0.768. The lowest BCUT2D eigenvalue weighted by atomic mass is 9.51. The van der Waals surface area contributed by atoms with Crippen LogP contribution in [0.2, 0.25) is 0 Å². The van der Waals surface area contributed by atoms with Crippen LogP contribution in [-0.2, 0) is 4.79 Å². The van der Waals surface area contributed by atoms with Crippen molar-refractivity contribution >= 4 is 17.5 Å². The highest BCUT2D eigenvalue weighted by atomic mass is 16.2. The first-order chi connectivity index (χ1) is 13.0. The summed E-state index contributed by atoms with van der Waals surface area (Å²) in [7, 11) is 0. The van der Waals surface area contributed by atoms with Crippen LogP contribution in [0.1, 0.15) is 62.2 Å². The van der Waals surface area contributed by atoms with Gasteiger partial charge in [0.05, 0.1) is 5.56 Å². The van der Waals surface area contributed by atoms with E-state index in [2.05, 4.69) is 22.5 Å². The maximum Gasteiger partial charge on any atom is 0.255 e. The van der Waals surface area contributed by atoms with E-state index in [9.17, 15) is 9.59 Å². The minimum absolute atomic E-state index is 0.0133. The lowest BCUT2D eigenvalue weighted by Gasteiger charge is -2.61. The molecule has 0 aromatic heterocycles. The first-order valence-corrected chi connectivity index (χ1v) is 10.5. The van der Waals surface area contributed by atoms with Crippen LogP contribution < -0.4 is 10.6 Å². The zero-order valence-corrected chi connectivity index (χ0v) is 16.1. The van der Waals surface area contributed by atoms with Gasteiger partial charge in [-0.1, -0.05) is 19.1 Å². The predicted molar refractivity (Wildman–Crippen MR) is 104 cm³/mol. The highest BCUT2D eigenvalue weighted by Gasteiger charge is 2.60. The predicted octanol–water partition coefficient (Wildman–Crippen LogP) is 3.38. The molecular weight excluding hydrogens is 338 g/mol. The van der Waals surface area contributed by atoms with E-state index in [1.54, 1.807) is 0 Å². The molecule has 5 aliphatic rings. The van der Waals surface area contributed by atoms with Gasteiger partial charge in [0.2, 0.25) is 5.91 Å². The van der Waals surface area contributed by atoms with Gasteiger partial charge in [0.1, 0.15) is 5.66 Å². The maximum absolute atomic E-state index is 13.3. The van der Waals surface area contributed by atoms with Crippen LogP contribution in [0.3, 0.4) is 0 Å². The molecule has 4 fully saturated rings. The third kappa shape index (κ3) is 2.58. The third-order valence-electron chi connectivity index (χ3n) is 7.64. The Morgan fingerprint density at radius 1 is 1.15 bits per heavy atom. The number of anilines is 1. The van der Waals surface area contributed by atoms with Crippen molar-refractivity contribution in [3.63, 3.8) is 0 Å². The van der Waals surface area contributed by atoms with Crippen LogP contribution in [-0.4, -0.2) is 35.5 Å². The molecular formula is C22H29N3O2. The lowest BCUT2D eigenvalue weighted by molar-refractivity contribution is -0.151. The molecule has 144 valence electrons. The Hall–Kier alpha value is -2.04. The summed E-state index contributed by atoms with van der Waals surface area (Å²) < 4.78 is 0. The van der Waals surface area contributed by atoms with Crippen molar-refractivity contribution < 1.29 is 9.59 Å². The largest absolute Gasteiger partial charge is 0.362 e. The molecule has 2 heterocycles. The van der Waals surface area contributed by atoms with Gasteiger partial charge in [0.25, 0.3) is 5.91 Å². The first kappa shape index (κ1) is 17.1. The van der Waals surface area contributed by atoms with Crippen LogP contribution in [0, 0.1) is 17.3 Å². The van der Waals surface area contributed by atoms with E-state index in [0.29, 0.717) is 11.8 Å². The number of hydrogen-bond donors (Lipinski definition) is 2. The molecule has 4 atom stereocenters. The summed E-state index contributed by atoms with van der Waals surface area (Å²) in [6, 6.07) is 7.75. The van der Waals surface area contributed by atoms with E-state index < -0.39 is 5.66 Å². The van der Waals surface area contributed by atoms with Gasteiger partial charge < -0.3 is 15.5 Å². The van der Waals surface area contributed by atoms with E-state index in [-0.39, 0.29) is 17.2 Å². The van der Waals surface area contributed by atoms with Crippen LogP contribution in [0.4, 0.5) is 5.69 Å². The number of carbonyl (C=O) groups is 2. The standard InChI is InChI=1S/C22H29N3O2/c1-21-10-9-15(13-17(21)20(27)25-11-5-2-6-12-25)22(14-21)23-18-8-4-3-7-16(18)19(26)24-22/h3-4,7-8,15,17,23H,2,5-6,9-14H2,1H3,(H,24,26)/t15-,17+,21-,22+/m0/s1. The molecule has 3 saturated carbocycles. The molecule has 2 aliphatic heterocycles. The maximum atomic E-state index is 13.3. The van der Waals surface area contributed by atoms with Gasteiger partial charge in [-0.2, -0.15) is 0 Å². The second-order valence-corrected chi connectivity index (χ2v) is 9.34. The van der Waals surface area contributed by atoms with Gasteiger partial charge in [-0.3, -0.25) is 9.59 Å². The van der Waals surface area contributed by atoms with Gasteiger partial charge in [-0.15, -0.1) is 0 Å². The monoisotopic (exact) mass is 367 g/mol. The number of benzene rings is 1. The molecule has 2 N–H and O–H groups in total. The zero-order chi connectivity index (χ0) is 18.6. The smallest absolute Gasteiger partial charge is 0.255 e. The Kier molecular flexibility index (Phi) is 3.78. The summed E-state index contributed by atoms with van der Waals surface area (Å²) >= 11 is 0. The van der Waals surface area contributed by atoms with Gasteiger partial charge in [0.15, 0.2) is 0 Å². The molecule has 2 amide bonds. The minimum Gasteiger partial charge on any atom is -0.362 e. The second kappa shape index (κ2) is 5.98. The molecule has 2 bridgehead atoms. The Labute approximate surface area is 160 Å². The van der Waals surface area contributed by atoms with Crippen molar-refractivity contribution in [1.82, 2.24) is 10.2 Å². The fourth-order valence-electron chi connectivity index (χ4n) is 6.16.